The largest absolute Gasteiger partial charge is 0.320 e. The minimum atomic E-state index is -0.552. The molecule has 0 saturated carbocycles. The lowest BCUT2D eigenvalue weighted by Gasteiger charge is -2.10. The van der Waals surface area contributed by atoms with Crippen molar-refractivity contribution in [3.05, 3.63) is 104 Å². The predicted molar refractivity (Wildman–Crippen MR) is 119 cm³/mol. The number of para-hydroxylation sites is 1. The van der Waals surface area contributed by atoms with Crippen molar-refractivity contribution in [1.29, 1.82) is 5.26 Å². The molecule has 0 fully saturated rings. The summed E-state index contributed by atoms with van der Waals surface area (Å²) in [4.78, 5) is 12.6. The summed E-state index contributed by atoms with van der Waals surface area (Å²) < 4.78 is 0. The van der Waals surface area contributed by atoms with E-state index in [4.69, 9.17) is 34.8 Å². The number of carbonyl (C=O) groups excluding carboxylic acids is 1. The van der Waals surface area contributed by atoms with Crippen LogP contribution in [0.5, 0.6) is 0 Å². The molecule has 0 aromatic heterocycles. The molecule has 3 aromatic rings. The molecule has 0 aliphatic carbocycles. The second-order valence-corrected chi connectivity index (χ2v) is 7.47. The number of nitrogens with zero attached hydrogens (tertiary/aromatic N) is 1. The first-order valence-electron chi connectivity index (χ1n) is 8.67. The van der Waals surface area contributed by atoms with E-state index in [1.165, 1.54) is 6.08 Å². The summed E-state index contributed by atoms with van der Waals surface area (Å²) >= 11 is 18.5. The summed E-state index contributed by atoms with van der Waals surface area (Å²) in [7, 11) is 0. The SMILES string of the molecule is N#C/C(=C\c1cc(Cl)ccc1Cc1ccccc1Cl)C(=O)Nc1ccccc1Cl. The quantitative estimate of drug-likeness (QED) is 0.350. The third-order valence-electron chi connectivity index (χ3n) is 4.23. The van der Waals surface area contributed by atoms with E-state index >= 15 is 0 Å². The maximum absolute atomic E-state index is 12.6. The zero-order chi connectivity index (χ0) is 20.8. The monoisotopic (exact) mass is 440 g/mol. The van der Waals surface area contributed by atoms with Crippen molar-refractivity contribution in [3.63, 3.8) is 0 Å². The molecule has 6 heteroatoms. The molecule has 0 spiro atoms. The number of amides is 1. The molecular formula is C23H15Cl3N2O. The molecule has 3 aromatic carbocycles. The molecule has 3 rings (SSSR count). The number of anilines is 1. The van der Waals surface area contributed by atoms with Gasteiger partial charge in [-0.1, -0.05) is 71.2 Å². The van der Waals surface area contributed by atoms with Crippen LogP contribution >= 0.6 is 34.8 Å². The molecule has 0 aliphatic heterocycles. The van der Waals surface area contributed by atoms with Gasteiger partial charge in [0.1, 0.15) is 11.6 Å². The second kappa shape index (κ2) is 9.62. The van der Waals surface area contributed by atoms with Crippen LogP contribution in [0, 0.1) is 11.3 Å². The third kappa shape index (κ3) is 5.40. The van der Waals surface area contributed by atoms with Crippen molar-refractivity contribution < 1.29 is 4.79 Å². The highest BCUT2D eigenvalue weighted by atomic mass is 35.5. The van der Waals surface area contributed by atoms with Gasteiger partial charge in [0.15, 0.2) is 0 Å². The van der Waals surface area contributed by atoms with Gasteiger partial charge < -0.3 is 5.32 Å². The number of carbonyl (C=O) groups is 1. The summed E-state index contributed by atoms with van der Waals surface area (Å²) in [5.41, 5.74) is 2.87. The van der Waals surface area contributed by atoms with E-state index in [2.05, 4.69) is 5.32 Å². The zero-order valence-corrected chi connectivity index (χ0v) is 17.4. The first-order valence-corrected chi connectivity index (χ1v) is 9.81. The van der Waals surface area contributed by atoms with Crippen LogP contribution in [0.2, 0.25) is 15.1 Å². The van der Waals surface area contributed by atoms with E-state index in [0.717, 1.165) is 11.1 Å². The summed E-state index contributed by atoms with van der Waals surface area (Å²) in [5, 5.41) is 13.7. The number of nitriles is 1. The second-order valence-electron chi connectivity index (χ2n) is 6.22. The summed E-state index contributed by atoms with van der Waals surface area (Å²) in [5.74, 6) is -0.552. The molecule has 29 heavy (non-hydrogen) atoms. The first kappa shape index (κ1) is 21.0. The molecule has 0 bridgehead atoms. The Kier molecular flexibility index (Phi) is 6.95. The molecule has 0 unspecified atom stereocenters. The number of hydrogen-bond donors (Lipinski definition) is 1. The van der Waals surface area contributed by atoms with Crippen LogP contribution in [0.3, 0.4) is 0 Å². The third-order valence-corrected chi connectivity index (χ3v) is 5.17. The van der Waals surface area contributed by atoms with Gasteiger partial charge in [0.25, 0.3) is 5.91 Å². The van der Waals surface area contributed by atoms with Crippen molar-refractivity contribution in [2.24, 2.45) is 0 Å². The number of nitrogens with one attached hydrogen (secondary N) is 1. The molecule has 3 nitrogen and oxygen atoms in total. The minimum Gasteiger partial charge on any atom is -0.320 e. The Hall–Kier alpha value is -2.77. The van der Waals surface area contributed by atoms with Gasteiger partial charge in [0.2, 0.25) is 0 Å². The zero-order valence-electron chi connectivity index (χ0n) is 15.1. The molecule has 0 heterocycles. The van der Waals surface area contributed by atoms with Gasteiger partial charge in [-0.15, -0.1) is 0 Å². The Balaban J connectivity index is 1.94. The van der Waals surface area contributed by atoms with Gasteiger partial charge in [-0.3, -0.25) is 4.79 Å². The fraction of sp³-hybridized carbons (Fsp3) is 0.0435. The van der Waals surface area contributed by atoms with Gasteiger partial charge in [-0.2, -0.15) is 5.26 Å². The molecular weight excluding hydrogens is 427 g/mol. The summed E-state index contributed by atoms with van der Waals surface area (Å²) in [6.45, 7) is 0. The molecule has 144 valence electrons. The van der Waals surface area contributed by atoms with Crippen LogP contribution in [-0.4, -0.2) is 5.91 Å². The molecule has 0 radical (unpaired) electrons. The number of rotatable bonds is 5. The van der Waals surface area contributed by atoms with Crippen LogP contribution in [0.4, 0.5) is 5.69 Å². The lowest BCUT2D eigenvalue weighted by Crippen LogP contribution is -2.13. The fourth-order valence-electron chi connectivity index (χ4n) is 2.76. The first-order chi connectivity index (χ1) is 14.0. The maximum atomic E-state index is 12.6. The van der Waals surface area contributed by atoms with Crippen LogP contribution in [0.25, 0.3) is 6.08 Å². The lowest BCUT2D eigenvalue weighted by atomic mass is 9.98. The van der Waals surface area contributed by atoms with Crippen LogP contribution in [0.1, 0.15) is 16.7 Å². The number of halogens is 3. The normalized spacial score (nSPS) is 11.0. The van der Waals surface area contributed by atoms with Gasteiger partial charge in [0.05, 0.1) is 10.7 Å². The summed E-state index contributed by atoms with van der Waals surface area (Å²) in [6, 6.07) is 21.6. The Morgan fingerprint density at radius 3 is 2.31 bits per heavy atom. The standard InChI is InChI=1S/C23H15Cl3N2O/c24-19-10-9-15(11-16-5-1-2-6-20(16)25)17(13-19)12-18(14-27)23(29)28-22-8-4-3-7-21(22)26/h1-10,12-13H,11H2,(H,28,29)/b18-12+. The molecule has 1 N–H and O–H groups in total. The smallest absolute Gasteiger partial charge is 0.266 e. The predicted octanol–water partition coefficient (Wildman–Crippen LogP) is 6.78. The van der Waals surface area contributed by atoms with Crippen molar-refractivity contribution >= 4 is 52.5 Å². The number of benzene rings is 3. The van der Waals surface area contributed by atoms with Gasteiger partial charge in [-0.05, 0) is 59.5 Å². The van der Waals surface area contributed by atoms with Gasteiger partial charge in [-0.25, -0.2) is 0 Å². The van der Waals surface area contributed by atoms with E-state index in [1.807, 2.05) is 36.4 Å². The van der Waals surface area contributed by atoms with Crippen molar-refractivity contribution in [2.75, 3.05) is 5.32 Å². The minimum absolute atomic E-state index is 0.0624. The van der Waals surface area contributed by atoms with E-state index < -0.39 is 5.91 Å². The average Bonchev–Trinajstić information content (AvgIpc) is 2.71. The van der Waals surface area contributed by atoms with Crippen molar-refractivity contribution in [3.8, 4) is 6.07 Å². The van der Waals surface area contributed by atoms with Crippen LogP contribution in [0.15, 0.2) is 72.3 Å². The Morgan fingerprint density at radius 1 is 0.931 bits per heavy atom. The van der Waals surface area contributed by atoms with Crippen LogP contribution in [-0.2, 0) is 11.2 Å². The maximum Gasteiger partial charge on any atom is 0.266 e. The van der Waals surface area contributed by atoms with Gasteiger partial charge in [0, 0.05) is 10.0 Å². The van der Waals surface area contributed by atoms with E-state index in [9.17, 15) is 10.1 Å². The van der Waals surface area contributed by atoms with Crippen molar-refractivity contribution in [2.45, 2.75) is 6.42 Å². The summed E-state index contributed by atoms with van der Waals surface area (Å²) in [6.07, 6.45) is 2.05. The fourth-order valence-corrected chi connectivity index (χ4v) is 3.33. The van der Waals surface area contributed by atoms with E-state index in [1.54, 1.807) is 36.4 Å². The van der Waals surface area contributed by atoms with Gasteiger partial charge >= 0.3 is 0 Å². The highest BCUT2D eigenvalue weighted by molar-refractivity contribution is 6.34. The Morgan fingerprint density at radius 2 is 1.62 bits per heavy atom. The molecule has 1 amide bonds. The molecule has 0 aliphatic rings. The Labute approximate surface area is 184 Å². The Bertz CT molecular complexity index is 1130. The van der Waals surface area contributed by atoms with E-state index in [-0.39, 0.29) is 5.57 Å². The lowest BCUT2D eigenvalue weighted by molar-refractivity contribution is -0.112. The average molecular weight is 442 g/mol. The molecule has 0 saturated heterocycles. The van der Waals surface area contributed by atoms with E-state index in [0.29, 0.717) is 32.7 Å². The molecule has 0 atom stereocenters. The van der Waals surface area contributed by atoms with Crippen molar-refractivity contribution in [1.82, 2.24) is 0 Å². The number of hydrogen-bond acceptors (Lipinski definition) is 2. The highest BCUT2D eigenvalue weighted by Gasteiger charge is 2.13. The van der Waals surface area contributed by atoms with Crippen LogP contribution < -0.4 is 5.32 Å². The topological polar surface area (TPSA) is 52.9 Å². The highest BCUT2D eigenvalue weighted by Crippen LogP contribution is 2.26.